The molecule has 0 aliphatic heterocycles. The van der Waals surface area contributed by atoms with E-state index in [1.807, 2.05) is 6.92 Å². The molecule has 1 aromatic carbocycles. The van der Waals surface area contributed by atoms with Gasteiger partial charge in [-0.05, 0) is 37.6 Å². The highest BCUT2D eigenvalue weighted by atomic mass is 16.5. The highest BCUT2D eigenvalue weighted by Gasteiger charge is 2.04. The summed E-state index contributed by atoms with van der Waals surface area (Å²) in [5.41, 5.74) is 6.99. The van der Waals surface area contributed by atoms with Gasteiger partial charge in [0, 0.05) is 11.4 Å². The van der Waals surface area contributed by atoms with Gasteiger partial charge < -0.3 is 15.8 Å². The van der Waals surface area contributed by atoms with Crippen LogP contribution in [0.2, 0.25) is 0 Å². The van der Waals surface area contributed by atoms with E-state index in [-0.39, 0.29) is 12.0 Å². The molecule has 3 N–H and O–H groups in total. The number of hydrogen-bond acceptors (Lipinski definition) is 3. The van der Waals surface area contributed by atoms with Crippen LogP contribution in [0.25, 0.3) is 0 Å². The SMILES string of the molecule is CCC(C)OCCC(=O)Nc1ccc(N)cc1. The van der Waals surface area contributed by atoms with E-state index < -0.39 is 0 Å². The van der Waals surface area contributed by atoms with Crippen LogP contribution in [0.15, 0.2) is 24.3 Å². The van der Waals surface area contributed by atoms with Crippen LogP contribution in [0.3, 0.4) is 0 Å². The Balaban J connectivity index is 2.27. The van der Waals surface area contributed by atoms with Crippen LogP contribution in [0.5, 0.6) is 0 Å². The third kappa shape index (κ3) is 5.36. The molecule has 0 fully saturated rings. The van der Waals surface area contributed by atoms with Crippen molar-refractivity contribution in [2.45, 2.75) is 32.8 Å². The van der Waals surface area contributed by atoms with Crippen molar-refractivity contribution in [2.24, 2.45) is 0 Å². The molecule has 4 nitrogen and oxygen atoms in total. The summed E-state index contributed by atoms with van der Waals surface area (Å²) in [7, 11) is 0. The van der Waals surface area contributed by atoms with Gasteiger partial charge in [0.05, 0.1) is 19.1 Å². The van der Waals surface area contributed by atoms with Crippen LogP contribution < -0.4 is 11.1 Å². The van der Waals surface area contributed by atoms with Crippen molar-refractivity contribution < 1.29 is 9.53 Å². The molecule has 1 amide bonds. The maximum Gasteiger partial charge on any atom is 0.226 e. The minimum atomic E-state index is -0.0434. The lowest BCUT2D eigenvalue weighted by atomic mass is 10.3. The molecule has 0 saturated carbocycles. The molecule has 1 aromatic rings. The van der Waals surface area contributed by atoms with Crippen LogP contribution in [0.1, 0.15) is 26.7 Å². The third-order valence-electron chi connectivity index (χ3n) is 2.50. The Bertz CT molecular complexity index is 349. The number of rotatable bonds is 6. The van der Waals surface area contributed by atoms with Crippen LogP contribution in [-0.4, -0.2) is 18.6 Å². The summed E-state index contributed by atoms with van der Waals surface area (Å²) in [6, 6.07) is 7.07. The zero-order valence-electron chi connectivity index (χ0n) is 10.4. The maximum atomic E-state index is 11.5. The lowest BCUT2D eigenvalue weighted by molar-refractivity contribution is -0.117. The van der Waals surface area contributed by atoms with Gasteiger partial charge in [-0.3, -0.25) is 4.79 Å². The van der Waals surface area contributed by atoms with Gasteiger partial charge in [-0.2, -0.15) is 0 Å². The Morgan fingerprint density at radius 1 is 1.41 bits per heavy atom. The molecule has 0 bridgehead atoms. The number of carbonyl (C=O) groups is 1. The second kappa shape index (κ2) is 6.91. The summed E-state index contributed by atoms with van der Waals surface area (Å²) in [4.78, 5) is 11.5. The van der Waals surface area contributed by atoms with Gasteiger partial charge in [0.15, 0.2) is 0 Å². The van der Waals surface area contributed by atoms with E-state index >= 15 is 0 Å². The molecular formula is C13H20N2O2. The van der Waals surface area contributed by atoms with Gasteiger partial charge in [-0.1, -0.05) is 6.92 Å². The number of carbonyl (C=O) groups excluding carboxylic acids is 1. The molecule has 0 aromatic heterocycles. The molecule has 1 unspecified atom stereocenters. The molecular weight excluding hydrogens is 216 g/mol. The summed E-state index contributed by atoms with van der Waals surface area (Å²) in [5, 5.41) is 2.79. The van der Waals surface area contributed by atoms with E-state index in [9.17, 15) is 4.79 Å². The molecule has 0 aliphatic carbocycles. The molecule has 0 saturated heterocycles. The second-order valence-corrected chi connectivity index (χ2v) is 4.01. The average Bonchev–Trinajstić information content (AvgIpc) is 2.32. The molecule has 17 heavy (non-hydrogen) atoms. The summed E-state index contributed by atoms with van der Waals surface area (Å²) >= 11 is 0. The lowest BCUT2D eigenvalue weighted by Gasteiger charge is -2.10. The number of nitrogen functional groups attached to an aromatic ring is 1. The first-order chi connectivity index (χ1) is 8.11. The number of amides is 1. The van der Waals surface area contributed by atoms with Crippen molar-refractivity contribution in [1.82, 2.24) is 0 Å². The van der Waals surface area contributed by atoms with Gasteiger partial charge >= 0.3 is 0 Å². The highest BCUT2D eigenvalue weighted by molar-refractivity contribution is 5.90. The molecule has 94 valence electrons. The average molecular weight is 236 g/mol. The number of benzene rings is 1. The molecule has 4 heteroatoms. The van der Waals surface area contributed by atoms with Gasteiger partial charge in [0.25, 0.3) is 0 Å². The Hall–Kier alpha value is -1.55. The van der Waals surface area contributed by atoms with E-state index in [2.05, 4.69) is 12.2 Å². The van der Waals surface area contributed by atoms with E-state index in [1.165, 1.54) is 0 Å². The fourth-order valence-electron chi connectivity index (χ4n) is 1.26. The number of hydrogen-bond donors (Lipinski definition) is 2. The van der Waals surface area contributed by atoms with Crippen molar-refractivity contribution in [2.75, 3.05) is 17.7 Å². The monoisotopic (exact) mass is 236 g/mol. The standard InChI is InChI=1S/C13H20N2O2/c1-3-10(2)17-9-8-13(16)15-12-6-4-11(14)5-7-12/h4-7,10H,3,8-9,14H2,1-2H3,(H,15,16). The van der Waals surface area contributed by atoms with Gasteiger partial charge in [-0.15, -0.1) is 0 Å². The minimum absolute atomic E-state index is 0.0434. The fourth-order valence-corrected chi connectivity index (χ4v) is 1.26. The summed E-state index contributed by atoms with van der Waals surface area (Å²) in [6.45, 7) is 4.51. The Morgan fingerprint density at radius 3 is 2.65 bits per heavy atom. The zero-order valence-corrected chi connectivity index (χ0v) is 10.4. The van der Waals surface area contributed by atoms with E-state index in [0.717, 1.165) is 12.1 Å². The first-order valence-electron chi connectivity index (χ1n) is 5.88. The van der Waals surface area contributed by atoms with Crippen LogP contribution in [-0.2, 0) is 9.53 Å². The highest BCUT2D eigenvalue weighted by Crippen LogP contribution is 2.10. The van der Waals surface area contributed by atoms with Gasteiger partial charge in [0.2, 0.25) is 5.91 Å². The number of ether oxygens (including phenoxy) is 1. The number of nitrogens with two attached hydrogens (primary N) is 1. The minimum Gasteiger partial charge on any atom is -0.399 e. The van der Waals surface area contributed by atoms with Crippen LogP contribution >= 0.6 is 0 Å². The fraction of sp³-hybridized carbons (Fsp3) is 0.462. The summed E-state index contributed by atoms with van der Waals surface area (Å²) in [5.74, 6) is -0.0434. The normalized spacial score (nSPS) is 12.1. The lowest BCUT2D eigenvalue weighted by Crippen LogP contribution is -2.16. The first-order valence-corrected chi connectivity index (χ1v) is 5.88. The van der Waals surface area contributed by atoms with Crippen molar-refractivity contribution in [3.05, 3.63) is 24.3 Å². The second-order valence-electron chi connectivity index (χ2n) is 4.01. The van der Waals surface area contributed by atoms with E-state index in [0.29, 0.717) is 18.7 Å². The number of anilines is 2. The topological polar surface area (TPSA) is 64.3 Å². The van der Waals surface area contributed by atoms with Gasteiger partial charge in [-0.25, -0.2) is 0 Å². The zero-order chi connectivity index (χ0) is 12.7. The van der Waals surface area contributed by atoms with E-state index in [4.69, 9.17) is 10.5 Å². The Labute approximate surface area is 102 Å². The quantitative estimate of drug-likeness (QED) is 0.745. The summed E-state index contributed by atoms with van der Waals surface area (Å²) in [6.07, 6.45) is 1.54. The number of nitrogens with one attached hydrogen (secondary N) is 1. The molecule has 0 heterocycles. The third-order valence-corrected chi connectivity index (χ3v) is 2.50. The molecule has 1 rings (SSSR count). The van der Waals surface area contributed by atoms with Crippen molar-refractivity contribution in [3.63, 3.8) is 0 Å². The van der Waals surface area contributed by atoms with Crippen molar-refractivity contribution in [3.8, 4) is 0 Å². The van der Waals surface area contributed by atoms with Gasteiger partial charge in [0.1, 0.15) is 0 Å². The van der Waals surface area contributed by atoms with Crippen molar-refractivity contribution >= 4 is 17.3 Å². The van der Waals surface area contributed by atoms with Crippen LogP contribution in [0.4, 0.5) is 11.4 Å². The smallest absolute Gasteiger partial charge is 0.226 e. The van der Waals surface area contributed by atoms with E-state index in [1.54, 1.807) is 24.3 Å². The maximum absolute atomic E-state index is 11.5. The Kier molecular flexibility index (Phi) is 5.49. The van der Waals surface area contributed by atoms with Crippen molar-refractivity contribution in [1.29, 1.82) is 0 Å². The van der Waals surface area contributed by atoms with Crippen LogP contribution in [0, 0.1) is 0 Å². The largest absolute Gasteiger partial charge is 0.399 e. The predicted octanol–water partition coefficient (Wildman–Crippen LogP) is 2.41. The first kappa shape index (κ1) is 13.5. The molecule has 0 spiro atoms. The molecule has 0 aliphatic rings. The summed E-state index contributed by atoms with van der Waals surface area (Å²) < 4.78 is 5.44. The molecule has 0 radical (unpaired) electrons. The predicted molar refractivity (Wildman–Crippen MR) is 69.8 cm³/mol. The molecule has 1 atom stereocenters. The Morgan fingerprint density at radius 2 is 2.06 bits per heavy atom.